The molecule has 2 N–H and O–H groups in total. The van der Waals surface area contributed by atoms with E-state index >= 15 is 0 Å². The van der Waals surface area contributed by atoms with Crippen molar-refractivity contribution < 1.29 is 0 Å². The summed E-state index contributed by atoms with van der Waals surface area (Å²) >= 11 is 1.67. The van der Waals surface area contributed by atoms with Crippen molar-refractivity contribution in [3.63, 3.8) is 0 Å². The van der Waals surface area contributed by atoms with Crippen molar-refractivity contribution in [1.82, 2.24) is 15.3 Å². The number of nitrogens with one attached hydrogen (secondary N) is 2. The fourth-order valence-electron chi connectivity index (χ4n) is 1.13. The SMILES string of the molecule is CC(Sc1ncc[nH]1)C1=N[CH]CN1. The van der Waals surface area contributed by atoms with Crippen LogP contribution in [0.1, 0.15) is 6.92 Å². The topological polar surface area (TPSA) is 53.1 Å². The molecule has 1 radical (unpaired) electrons. The molecule has 0 spiro atoms. The molecule has 0 bridgehead atoms. The Hall–Kier alpha value is -0.970. The second-order valence-corrected chi connectivity index (χ2v) is 4.06. The number of imidazole rings is 1. The van der Waals surface area contributed by atoms with Crippen LogP contribution in [0.15, 0.2) is 22.5 Å². The summed E-state index contributed by atoms with van der Waals surface area (Å²) in [4.78, 5) is 11.4. The Labute approximate surface area is 81.2 Å². The smallest absolute Gasteiger partial charge is 0.165 e. The lowest BCUT2D eigenvalue weighted by Gasteiger charge is -2.09. The molecule has 0 saturated heterocycles. The number of aromatic amines is 1. The van der Waals surface area contributed by atoms with Crippen LogP contribution in [0.4, 0.5) is 0 Å². The number of aliphatic imine (C=N–C) groups is 1. The minimum atomic E-state index is 0.324. The summed E-state index contributed by atoms with van der Waals surface area (Å²) < 4.78 is 0. The quantitative estimate of drug-likeness (QED) is 0.709. The molecule has 1 aromatic heterocycles. The second-order valence-electron chi connectivity index (χ2n) is 2.73. The first kappa shape index (κ1) is 8.62. The van der Waals surface area contributed by atoms with Gasteiger partial charge in [0.15, 0.2) is 5.16 Å². The largest absolute Gasteiger partial charge is 0.371 e. The first-order chi connectivity index (χ1) is 6.36. The van der Waals surface area contributed by atoms with E-state index in [9.17, 15) is 0 Å². The maximum absolute atomic E-state index is 4.23. The Kier molecular flexibility index (Phi) is 2.54. The third-order valence-electron chi connectivity index (χ3n) is 1.75. The zero-order valence-corrected chi connectivity index (χ0v) is 8.14. The molecule has 13 heavy (non-hydrogen) atoms. The molecule has 0 fully saturated rings. The van der Waals surface area contributed by atoms with Crippen LogP contribution in [-0.2, 0) is 0 Å². The number of hydrogen-bond acceptors (Lipinski definition) is 4. The van der Waals surface area contributed by atoms with Crippen molar-refractivity contribution in [2.45, 2.75) is 17.3 Å². The lowest BCUT2D eigenvalue weighted by atomic mass is 10.4. The average molecular weight is 195 g/mol. The first-order valence-corrected chi connectivity index (χ1v) is 5.03. The summed E-state index contributed by atoms with van der Waals surface area (Å²) in [5, 5.41) is 4.46. The molecule has 0 aliphatic carbocycles. The normalized spacial score (nSPS) is 18.1. The van der Waals surface area contributed by atoms with Crippen molar-refractivity contribution in [2.24, 2.45) is 4.99 Å². The average Bonchev–Trinajstić information content (AvgIpc) is 2.74. The number of thioether (sulfide) groups is 1. The van der Waals surface area contributed by atoms with Crippen LogP contribution in [0, 0.1) is 6.54 Å². The standard InChI is InChI=1S/C8H11N4S/c1-6(7-9-2-3-10-7)13-8-11-4-5-12-8/h2,4-6H,3H2,1H3,(H,9,10)(H,11,12). The van der Waals surface area contributed by atoms with Gasteiger partial charge < -0.3 is 10.3 Å². The molecular weight excluding hydrogens is 184 g/mol. The fraction of sp³-hybridized carbons (Fsp3) is 0.375. The number of H-pyrrole nitrogens is 1. The Bertz CT molecular complexity index is 293. The molecule has 4 nitrogen and oxygen atoms in total. The molecule has 2 rings (SSSR count). The van der Waals surface area contributed by atoms with E-state index in [1.165, 1.54) is 0 Å². The van der Waals surface area contributed by atoms with Gasteiger partial charge in [-0.05, 0) is 6.92 Å². The van der Waals surface area contributed by atoms with Gasteiger partial charge >= 0.3 is 0 Å². The van der Waals surface area contributed by atoms with Crippen LogP contribution in [-0.4, -0.2) is 27.6 Å². The number of amidine groups is 1. The van der Waals surface area contributed by atoms with Crippen molar-refractivity contribution in [3.05, 3.63) is 18.9 Å². The van der Waals surface area contributed by atoms with Gasteiger partial charge in [0.1, 0.15) is 5.84 Å². The lowest BCUT2D eigenvalue weighted by Crippen LogP contribution is -2.26. The van der Waals surface area contributed by atoms with Crippen molar-refractivity contribution in [1.29, 1.82) is 0 Å². The summed E-state index contributed by atoms with van der Waals surface area (Å²) in [5.74, 6) is 1.03. The van der Waals surface area contributed by atoms with Gasteiger partial charge in [0, 0.05) is 18.9 Å². The fourth-order valence-corrected chi connectivity index (χ4v) is 1.98. The summed E-state index contributed by atoms with van der Waals surface area (Å²) in [6.45, 7) is 4.84. The van der Waals surface area contributed by atoms with Gasteiger partial charge in [-0.3, -0.25) is 4.99 Å². The summed E-state index contributed by atoms with van der Waals surface area (Å²) in [6, 6.07) is 0. The highest BCUT2D eigenvalue weighted by Gasteiger charge is 2.15. The van der Waals surface area contributed by atoms with Crippen LogP contribution in [0.2, 0.25) is 0 Å². The highest BCUT2D eigenvalue weighted by Crippen LogP contribution is 2.20. The van der Waals surface area contributed by atoms with Crippen LogP contribution < -0.4 is 5.32 Å². The van der Waals surface area contributed by atoms with Gasteiger partial charge in [0.25, 0.3) is 0 Å². The van der Waals surface area contributed by atoms with Crippen LogP contribution >= 0.6 is 11.8 Å². The summed E-state index contributed by atoms with van der Waals surface area (Å²) in [7, 11) is 0. The van der Waals surface area contributed by atoms with Crippen LogP contribution in [0.3, 0.4) is 0 Å². The van der Waals surface area contributed by atoms with Gasteiger partial charge in [-0.15, -0.1) is 0 Å². The van der Waals surface area contributed by atoms with Crippen molar-refractivity contribution in [3.8, 4) is 0 Å². The molecule has 5 heteroatoms. The van der Waals surface area contributed by atoms with Gasteiger partial charge in [0.05, 0.1) is 11.8 Å². The Morgan fingerprint density at radius 2 is 2.54 bits per heavy atom. The van der Waals surface area contributed by atoms with Crippen LogP contribution in [0.5, 0.6) is 0 Å². The Balaban J connectivity index is 1.95. The van der Waals surface area contributed by atoms with E-state index in [0.717, 1.165) is 17.5 Å². The zero-order chi connectivity index (χ0) is 9.10. The molecule has 69 valence electrons. The van der Waals surface area contributed by atoms with E-state index in [1.54, 1.807) is 18.0 Å². The van der Waals surface area contributed by atoms with Crippen molar-refractivity contribution in [2.75, 3.05) is 6.54 Å². The number of hydrogen-bond donors (Lipinski definition) is 2. The molecule has 1 unspecified atom stereocenters. The number of nitrogens with zero attached hydrogens (tertiary/aromatic N) is 2. The summed E-state index contributed by atoms with van der Waals surface area (Å²) in [5.41, 5.74) is 0. The highest BCUT2D eigenvalue weighted by molar-refractivity contribution is 8.00. The molecular formula is C8H11N4S. The van der Waals surface area contributed by atoms with E-state index in [-0.39, 0.29) is 0 Å². The molecule has 0 amide bonds. The molecule has 1 aliphatic heterocycles. The minimum Gasteiger partial charge on any atom is -0.371 e. The Morgan fingerprint density at radius 1 is 1.62 bits per heavy atom. The number of aromatic nitrogens is 2. The van der Waals surface area contributed by atoms with Gasteiger partial charge in [-0.25, -0.2) is 4.98 Å². The monoisotopic (exact) mass is 195 g/mol. The van der Waals surface area contributed by atoms with Gasteiger partial charge in [0.2, 0.25) is 0 Å². The minimum absolute atomic E-state index is 0.324. The lowest BCUT2D eigenvalue weighted by molar-refractivity contribution is 1.01. The predicted molar refractivity (Wildman–Crippen MR) is 53.6 cm³/mol. The molecule has 1 aromatic rings. The zero-order valence-electron chi connectivity index (χ0n) is 7.32. The first-order valence-electron chi connectivity index (χ1n) is 4.15. The van der Waals surface area contributed by atoms with E-state index in [0.29, 0.717) is 5.25 Å². The molecule has 1 atom stereocenters. The van der Waals surface area contributed by atoms with E-state index in [1.807, 2.05) is 12.7 Å². The molecule has 1 aliphatic rings. The number of rotatable bonds is 3. The third-order valence-corrected chi connectivity index (χ3v) is 2.77. The second kappa shape index (κ2) is 3.83. The predicted octanol–water partition coefficient (Wildman–Crippen LogP) is 1.05. The van der Waals surface area contributed by atoms with Gasteiger partial charge in [-0.2, -0.15) is 0 Å². The molecule has 2 heterocycles. The van der Waals surface area contributed by atoms with E-state index in [4.69, 9.17) is 0 Å². The third kappa shape index (κ3) is 2.03. The van der Waals surface area contributed by atoms with Gasteiger partial charge in [-0.1, -0.05) is 11.8 Å². The van der Waals surface area contributed by atoms with E-state index < -0.39 is 0 Å². The summed E-state index contributed by atoms with van der Waals surface area (Å²) in [6.07, 6.45) is 3.58. The van der Waals surface area contributed by atoms with E-state index in [2.05, 4.69) is 27.2 Å². The van der Waals surface area contributed by atoms with Crippen LogP contribution in [0.25, 0.3) is 0 Å². The van der Waals surface area contributed by atoms with Crippen molar-refractivity contribution >= 4 is 17.6 Å². The maximum atomic E-state index is 4.23. The Morgan fingerprint density at radius 3 is 3.15 bits per heavy atom. The molecule has 0 aromatic carbocycles. The maximum Gasteiger partial charge on any atom is 0.165 e. The molecule has 0 saturated carbocycles. The highest BCUT2D eigenvalue weighted by atomic mass is 32.2.